The summed E-state index contributed by atoms with van der Waals surface area (Å²) in [5.74, 6) is 1.03. The van der Waals surface area contributed by atoms with Gasteiger partial charge in [-0.3, -0.25) is 4.90 Å². The van der Waals surface area contributed by atoms with Gasteiger partial charge in [0, 0.05) is 37.8 Å². The third kappa shape index (κ3) is 3.72. The van der Waals surface area contributed by atoms with Crippen molar-refractivity contribution in [2.24, 2.45) is 0 Å². The molecule has 2 rings (SSSR count). The Morgan fingerprint density at radius 3 is 2.89 bits per heavy atom. The fourth-order valence-electron chi connectivity index (χ4n) is 2.40. The number of hydrogen-bond acceptors (Lipinski definition) is 3. The first-order valence-corrected chi connectivity index (χ1v) is 6.85. The fourth-order valence-corrected chi connectivity index (χ4v) is 2.40. The lowest BCUT2D eigenvalue weighted by Gasteiger charge is -2.32. The molecule has 18 heavy (non-hydrogen) atoms. The van der Waals surface area contributed by atoms with Crippen molar-refractivity contribution in [2.45, 2.75) is 39.5 Å². The lowest BCUT2D eigenvalue weighted by Crippen LogP contribution is -2.48. The molecule has 1 aromatic rings. The third-order valence-corrected chi connectivity index (χ3v) is 3.18. The standard InChI is InChI=1S/C15H24N2O/c1-12(2)18-15-7-5-4-6-14(15)11-17-9-8-16-13(3)10-17/h4-7,12-13,16H,8-11H2,1-3H3/t13-/m0/s1. The van der Waals surface area contributed by atoms with Crippen LogP contribution in [0.25, 0.3) is 0 Å². The molecule has 0 radical (unpaired) electrons. The lowest BCUT2D eigenvalue weighted by molar-refractivity contribution is 0.191. The zero-order valence-electron chi connectivity index (χ0n) is 11.6. The van der Waals surface area contributed by atoms with Crippen LogP contribution in [0.2, 0.25) is 0 Å². The minimum Gasteiger partial charge on any atom is -0.491 e. The van der Waals surface area contributed by atoms with E-state index in [4.69, 9.17) is 4.74 Å². The van der Waals surface area contributed by atoms with Crippen LogP contribution in [-0.4, -0.2) is 36.7 Å². The van der Waals surface area contributed by atoms with Gasteiger partial charge in [-0.15, -0.1) is 0 Å². The van der Waals surface area contributed by atoms with Crippen LogP contribution < -0.4 is 10.1 Å². The molecule has 0 amide bonds. The molecule has 100 valence electrons. The summed E-state index contributed by atoms with van der Waals surface area (Å²) >= 11 is 0. The number of ether oxygens (including phenoxy) is 1. The number of benzene rings is 1. The molecular weight excluding hydrogens is 224 g/mol. The van der Waals surface area contributed by atoms with Gasteiger partial charge >= 0.3 is 0 Å². The van der Waals surface area contributed by atoms with E-state index in [1.807, 2.05) is 6.07 Å². The summed E-state index contributed by atoms with van der Waals surface area (Å²) in [6, 6.07) is 8.96. The van der Waals surface area contributed by atoms with Crippen LogP contribution in [-0.2, 0) is 6.54 Å². The van der Waals surface area contributed by atoms with Gasteiger partial charge in [0.15, 0.2) is 0 Å². The van der Waals surface area contributed by atoms with Crippen LogP contribution in [0.15, 0.2) is 24.3 Å². The number of rotatable bonds is 4. The second kappa shape index (κ2) is 6.21. The molecule has 1 saturated heterocycles. The van der Waals surface area contributed by atoms with E-state index in [0.29, 0.717) is 6.04 Å². The maximum Gasteiger partial charge on any atom is 0.124 e. The summed E-state index contributed by atoms with van der Waals surface area (Å²) in [4.78, 5) is 2.49. The van der Waals surface area contributed by atoms with Gasteiger partial charge in [-0.25, -0.2) is 0 Å². The highest BCUT2D eigenvalue weighted by Crippen LogP contribution is 2.21. The van der Waals surface area contributed by atoms with Crippen molar-refractivity contribution in [3.8, 4) is 5.75 Å². The van der Waals surface area contributed by atoms with Crippen LogP contribution in [0.3, 0.4) is 0 Å². The molecule has 0 spiro atoms. The molecule has 1 aromatic carbocycles. The van der Waals surface area contributed by atoms with E-state index in [-0.39, 0.29) is 6.10 Å². The van der Waals surface area contributed by atoms with Gasteiger partial charge in [0.2, 0.25) is 0 Å². The molecule has 0 bridgehead atoms. The lowest BCUT2D eigenvalue weighted by atomic mass is 10.1. The number of piperazine rings is 1. The monoisotopic (exact) mass is 248 g/mol. The number of nitrogens with zero attached hydrogens (tertiary/aromatic N) is 1. The molecule has 3 heteroatoms. The summed E-state index contributed by atoms with van der Waals surface area (Å²) in [7, 11) is 0. The zero-order valence-corrected chi connectivity index (χ0v) is 11.6. The summed E-state index contributed by atoms with van der Waals surface area (Å²) in [6.07, 6.45) is 0.230. The number of hydrogen-bond donors (Lipinski definition) is 1. The molecule has 0 aromatic heterocycles. The Bertz CT molecular complexity index is 379. The highest BCUT2D eigenvalue weighted by atomic mass is 16.5. The van der Waals surface area contributed by atoms with Crippen molar-refractivity contribution in [1.82, 2.24) is 10.2 Å². The quantitative estimate of drug-likeness (QED) is 0.884. The van der Waals surface area contributed by atoms with Crippen molar-refractivity contribution in [2.75, 3.05) is 19.6 Å². The molecular formula is C15H24N2O. The molecule has 0 aliphatic carbocycles. The molecule has 0 saturated carbocycles. The van der Waals surface area contributed by atoms with Crippen LogP contribution >= 0.6 is 0 Å². The van der Waals surface area contributed by atoms with E-state index >= 15 is 0 Å². The molecule has 3 nitrogen and oxygen atoms in total. The topological polar surface area (TPSA) is 24.5 Å². The second-order valence-corrected chi connectivity index (χ2v) is 5.36. The van der Waals surface area contributed by atoms with Gasteiger partial charge in [0.25, 0.3) is 0 Å². The Balaban J connectivity index is 2.03. The second-order valence-electron chi connectivity index (χ2n) is 5.36. The van der Waals surface area contributed by atoms with E-state index in [0.717, 1.165) is 31.9 Å². The van der Waals surface area contributed by atoms with Crippen molar-refractivity contribution in [3.63, 3.8) is 0 Å². The van der Waals surface area contributed by atoms with Crippen LogP contribution in [0.5, 0.6) is 5.75 Å². The van der Waals surface area contributed by atoms with E-state index in [1.165, 1.54) is 5.56 Å². The summed E-state index contributed by atoms with van der Waals surface area (Å²) in [6.45, 7) is 10.7. The highest BCUT2D eigenvalue weighted by molar-refractivity contribution is 5.33. The van der Waals surface area contributed by atoms with E-state index < -0.39 is 0 Å². The van der Waals surface area contributed by atoms with Crippen molar-refractivity contribution >= 4 is 0 Å². The minimum atomic E-state index is 0.230. The van der Waals surface area contributed by atoms with Gasteiger partial charge in [-0.1, -0.05) is 18.2 Å². The Labute approximate surface area is 110 Å². The minimum absolute atomic E-state index is 0.230. The predicted molar refractivity (Wildman–Crippen MR) is 74.9 cm³/mol. The number of para-hydroxylation sites is 1. The fraction of sp³-hybridized carbons (Fsp3) is 0.600. The Kier molecular flexibility index (Phi) is 4.61. The Morgan fingerprint density at radius 2 is 2.17 bits per heavy atom. The average Bonchev–Trinajstić information content (AvgIpc) is 2.31. The Morgan fingerprint density at radius 1 is 1.39 bits per heavy atom. The predicted octanol–water partition coefficient (Wildman–Crippen LogP) is 2.27. The molecule has 1 fully saturated rings. The number of nitrogens with one attached hydrogen (secondary N) is 1. The van der Waals surface area contributed by atoms with Gasteiger partial charge < -0.3 is 10.1 Å². The molecule has 1 heterocycles. The van der Waals surface area contributed by atoms with Crippen molar-refractivity contribution < 1.29 is 4.74 Å². The molecule has 1 N–H and O–H groups in total. The van der Waals surface area contributed by atoms with Crippen LogP contribution in [0.1, 0.15) is 26.3 Å². The van der Waals surface area contributed by atoms with Gasteiger partial charge in [0.1, 0.15) is 5.75 Å². The molecule has 1 atom stereocenters. The van der Waals surface area contributed by atoms with Crippen molar-refractivity contribution in [1.29, 1.82) is 0 Å². The normalized spacial score (nSPS) is 21.2. The largest absolute Gasteiger partial charge is 0.491 e. The van der Waals surface area contributed by atoms with Gasteiger partial charge in [-0.2, -0.15) is 0 Å². The molecule has 1 aliphatic rings. The first-order chi connectivity index (χ1) is 8.65. The SMILES string of the molecule is CC(C)Oc1ccccc1CN1CCN[C@@H](C)C1. The van der Waals surface area contributed by atoms with Crippen LogP contribution in [0.4, 0.5) is 0 Å². The first-order valence-electron chi connectivity index (χ1n) is 6.85. The maximum atomic E-state index is 5.87. The summed E-state index contributed by atoms with van der Waals surface area (Å²) in [5.41, 5.74) is 1.29. The summed E-state index contributed by atoms with van der Waals surface area (Å²) < 4.78 is 5.87. The maximum absolute atomic E-state index is 5.87. The van der Waals surface area contributed by atoms with Gasteiger partial charge in [0.05, 0.1) is 6.10 Å². The Hall–Kier alpha value is -1.06. The van der Waals surface area contributed by atoms with Crippen LogP contribution in [0, 0.1) is 0 Å². The average molecular weight is 248 g/mol. The van der Waals surface area contributed by atoms with Gasteiger partial charge in [-0.05, 0) is 26.8 Å². The summed E-state index contributed by atoms with van der Waals surface area (Å²) in [5, 5.41) is 3.47. The highest BCUT2D eigenvalue weighted by Gasteiger charge is 2.17. The first kappa shape index (κ1) is 13.4. The van der Waals surface area contributed by atoms with E-state index in [2.05, 4.69) is 49.2 Å². The molecule has 1 aliphatic heterocycles. The van der Waals surface area contributed by atoms with Crippen molar-refractivity contribution in [3.05, 3.63) is 29.8 Å². The van der Waals surface area contributed by atoms with E-state index in [9.17, 15) is 0 Å². The van der Waals surface area contributed by atoms with E-state index in [1.54, 1.807) is 0 Å². The third-order valence-electron chi connectivity index (χ3n) is 3.18. The molecule has 0 unspecified atom stereocenters. The smallest absolute Gasteiger partial charge is 0.124 e. The zero-order chi connectivity index (χ0) is 13.0.